The average molecular weight is 273 g/mol. The number of carbonyl (C=O) groups excluding carboxylic acids is 1. The summed E-state index contributed by atoms with van der Waals surface area (Å²) in [4.78, 5) is 16.2. The number of nitrogens with zero attached hydrogens (tertiary/aromatic N) is 1. The molecule has 1 aromatic heterocycles. The third-order valence-electron chi connectivity index (χ3n) is 3.01. The molecule has 5 heteroatoms. The summed E-state index contributed by atoms with van der Waals surface area (Å²) in [5, 5.41) is 2.85. The highest BCUT2D eigenvalue weighted by Gasteiger charge is 2.12. The number of aromatic nitrogens is 1. The number of hydrogen-bond acceptors (Lipinski definition) is 3. The topological polar surface area (TPSA) is 68.0 Å². The number of hydrogen-bond donors (Lipinski definition) is 2. The number of nitrogens with one attached hydrogen (secondary N) is 1. The molecule has 1 atom stereocenters. The zero-order valence-electron chi connectivity index (χ0n) is 11.1. The van der Waals surface area contributed by atoms with Crippen molar-refractivity contribution in [2.75, 3.05) is 0 Å². The first kappa shape index (κ1) is 14.1. The van der Waals surface area contributed by atoms with E-state index in [0.29, 0.717) is 11.3 Å². The Balaban J connectivity index is 2.08. The van der Waals surface area contributed by atoms with Crippen molar-refractivity contribution in [1.29, 1.82) is 0 Å². The third-order valence-corrected chi connectivity index (χ3v) is 3.01. The van der Waals surface area contributed by atoms with Gasteiger partial charge < -0.3 is 11.1 Å². The first-order valence-corrected chi connectivity index (χ1v) is 6.31. The van der Waals surface area contributed by atoms with Gasteiger partial charge in [0.05, 0.1) is 11.7 Å². The van der Waals surface area contributed by atoms with Gasteiger partial charge in [0.15, 0.2) is 0 Å². The van der Waals surface area contributed by atoms with Gasteiger partial charge in [-0.1, -0.05) is 12.1 Å². The minimum absolute atomic E-state index is 0.209. The maximum absolute atomic E-state index is 12.9. The van der Waals surface area contributed by atoms with Crippen LogP contribution in [0.25, 0.3) is 0 Å². The summed E-state index contributed by atoms with van der Waals surface area (Å²) in [6.45, 7) is 2.13. The number of benzene rings is 1. The fourth-order valence-corrected chi connectivity index (χ4v) is 1.85. The lowest BCUT2D eigenvalue weighted by molar-refractivity contribution is 0.0939. The maximum atomic E-state index is 12.9. The van der Waals surface area contributed by atoms with Crippen molar-refractivity contribution >= 4 is 5.91 Å². The van der Waals surface area contributed by atoms with E-state index >= 15 is 0 Å². The highest BCUT2D eigenvalue weighted by atomic mass is 19.1. The van der Waals surface area contributed by atoms with Crippen molar-refractivity contribution in [2.24, 2.45) is 5.73 Å². The number of carbonyl (C=O) groups is 1. The molecule has 2 aromatic rings. The molecule has 0 aliphatic rings. The molecular formula is C15H16FN3O. The van der Waals surface area contributed by atoms with Crippen molar-refractivity contribution in [3.05, 3.63) is 65.2 Å². The van der Waals surface area contributed by atoms with Gasteiger partial charge in [-0.15, -0.1) is 0 Å². The first-order valence-electron chi connectivity index (χ1n) is 6.31. The van der Waals surface area contributed by atoms with Crippen LogP contribution in [0, 0.1) is 5.82 Å². The molecule has 104 valence electrons. The van der Waals surface area contributed by atoms with Crippen molar-refractivity contribution in [3.63, 3.8) is 0 Å². The van der Waals surface area contributed by atoms with E-state index in [1.807, 2.05) is 6.92 Å². The Kier molecular flexibility index (Phi) is 4.42. The molecular weight excluding hydrogens is 257 g/mol. The van der Waals surface area contributed by atoms with E-state index in [4.69, 9.17) is 5.73 Å². The Morgan fingerprint density at radius 2 is 2.05 bits per heavy atom. The number of pyridine rings is 1. The van der Waals surface area contributed by atoms with Crippen molar-refractivity contribution in [3.8, 4) is 0 Å². The number of rotatable bonds is 4. The predicted molar refractivity (Wildman–Crippen MR) is 74.4 cm³/mol. The van der Waals surface area contributed by atoms with Gasteiger partial charge in [-0.3, -0.25) is 9.78 Å². The van der Waals surface area contributed by atoms with Crippen LogP contribution >= 0.6 is 0 Å². The largest absolute Gasteiger partial charge is 0.346 e. The second-order valence-electron chi connectivity index (χ2n) is 4.49. The lowest BCUT2D eigenvalue weighted by atomic mass is 10.1. The summed E-state index contributed by atoms with van der Waals surface area (Å²) in [6, 6.07) is 9.13. The SMILES string of the molecule is C[C@@H](NC(=O)c1ccnc(CN)c1)c1ccc(F)cc1. The Hall–Kier alpha value is -2.27. The van der Waals surface area contributed by atoms with E-state index in [1.54, 1.807) is 30.5 Å². The quantitative estimate of drug-likeness (QED) is 0.897. The van der Waals surface area contributed by atoms with Gasteiger partial charge in [-0.2, -0.15) is 0 Å². The third kappa shape index (κ3) is 3.39. The lowest BCUT2D eigenvalue weighted by Crippen LogP contribution is -2.26. The van der Waals surface area contributed by atoms with Gasteiger partial charge in [-0.05, 0) is 36.8 Å². The zero-order chi connectivity index (χ0) is 14.5. The van der Waals surface area contributed by atoms with Crippen LogP contribution in [-0.4, -0.2) is 10.9 Å². The fourth-order valence-electron chi connectivity index (χ4n) is 1.85. The lowest BCUT2D eigenvalue weighted by Gasteiger charge is -2.14. The summed E-state index contributed by atoms with van der Waals surface area (Å²) in [6.07, 6.45) is 1.56. The average Bonchev–Trinajstić information content (AvgIpc) is 2.47. The molecule has 0 unspecified atom stereocenters. The monoisotopic (exact) mass is 273 g/mol. The number of amides is 1. The van der Waals surface area contributed by atoms with Gasteiger partial charge in [0, 0.05) is 18.3 Å². The fraction of sp³-hybridized carbons (Fsp3) is 0.200. The van der Waals surface area contributed by atoms with Crippen LogP contribution in [0.5, 0.6) is 0 Å². The van der Waals surface area contributed by atoms with E-state index in [-0.39, 0.29) is 24.3 Å². The van der Waals surface area contributed by atoms with Gasteiger partial charge in [0.1, 0.15) is 5.82 Å². The first-order chi connectivity index (χ1) is 9.60. The molecule has 3 N–H and O–H groups in total. The van der Waals surface area contributed by atoms with Gasteiger partial charge in [0.25, 0.3) is 5.91 Å². The molecule has 2 rings (SSSR count). The molecule has 1 heterocycles. The van der Waals surface area contributed by atoms with E-state index in [0.717, 1.165) is 5.56 Å². The summed E-state index contributed by atoms with van der Waals surface area (Å²) >= 11 is 0. The van der Waals surface area contributed by atoms with Gasteiger partial charge in [-0.25, -0.2) is 4.39 Å². The summed E-state index contributed by atoms with van der Waals surface area (Å²) in [5.74, 6) is -0.507. The minimum atomic E-state index is -0.297. The van der Waals surface area contributed by atoms with Crippen LogP contribution in [0.3, 0.4) is 0 Å². The smallest absolute Gasteiger partial charge is 0.251 e. The molecule has 1 aromatic carbocycles. The Morgan fingerprint density at radius 3 is 2.70 bits per heavy atom. The molecule has 20 heavy (non-hydrogen) atoms. The standard InChI is InChI=1S/C15H16FN3O/c1-10(11-2-4-13(16)5-3-11)19-15(20)12-6-7-18-14(8-12)9-17/h2-8,10H,9,17H2,1H3,(H,19,20)/t10-/m1/s1. The second kappa shape index (κ2) is 6.25. The Labute approximate surface area is 116 Å². The minimum Gasteiger partial charge on any atom is -0.346 e. The van der Waals surface area contributed by atoms with E-state index in [2.05, 4.69) is 10.3 Å². The van der Waals surface area contributed by atoms with E-state index in [1.165, 1.54) is 12.1 Å². The molecule has 0 aliphatic heterocycles. The summed E-state index contributed by atoms with van der Waals surface area (Å²) < 4.78 is 12.9. The summed E-state index contributed by atoms with van der Waals surface area (Å²) in [7, 11) is 0. The number of halogens is 1. The second-order valence-corrected chi connectivity index (χ2v) is 4.49. The number of nitrogens with two attached hydrogens (primary N) is 1. The normalized spacial score (nSPS) is 11.9. The molecule has 0 bridgehead atoms. The molecule has 0 fully saturated rings. The zero-order valence-corrected chi connectivity index (χ0v) is 11.1. The van der Waals surface area contributed by atoms with Crippen molar-refractivity contribution < 1.29 is 9.18 Å². The van der Waals surface area contributed by atoms with Crippen LogP contribution in [0.15, 0.2) is 42.6 Å². The van der Waals surface area contributed by atoms with Crippen molar-refractivity contribution in [2.45, 2.75) is 19.5 Å². The van der Waals surface area contributed by atoms with Crippen LogP contribution in [0.2, 0.25) is 0 Å². The molecule has 4 nitrogen and oxygen atoms in total. The molecule has 0 saturated heterocycles. The van der Waals surface area contributed by atoms with Crippen LogP contribution in [0.4, 0.5) is 4.39 Å². The molecule has 1 amide bonds. The Bertz CT molecular complexity index is 598. The van der Waals surface area contributed by atoms with E-state index in [9.17, 15) is 9.18 Å². The molecule has 0 radical (unpaired) electrons. The molecule has 0 saturated carbocycles. The summed E-state index contributed by atoms with van der Waals surface area (Å²) in [5.41, 5.74) is 7.50. The van der Waals surface area contributed by atoms with Crippen LogP contribution in [-0.2, 0) is 6.54 Å². The molecule has 0 aliphatic carbocycles. The van der Waals surface area contributed by atoms with Crippen LogP contribution < -0.4 is 11.1 Å². The van der Waals surface area contributed by atoms with Gasteiger partial charge >= 0.3 is 0 Å². The Morgan fingerprint density at radius 1 is 1.35 bits per heavy atom. The maximum Gasteiger partial charge on any atom is 0.251 e. The highest BCUT2D eigenvalue weighted by Crippen LogP contribution is 2.14. The van der Waals surface area contributed by atoms with Crippen LogP contribution in [0.1, 0.15) is 34.6 Å². The molecule has 0 spiro atoms. The predicted octanol–water partition coefficient (Wildman–Crippen LogP) is 2.17. The van der Waals surface area contributed by atoms with Gasteiger partial charge in [0.2, 0.25) is 0 Å². The van der Waals surface area contributed by atoms with E-state index < -0.39 is 0 Å². The highest BCUT2D eigenvalue weighted by molar-refractivity contribution is 5.94. The van der Waals surface area contributed by atoms with Crippen molar-refractivity contribution in [1.82, 2.24) is 10.3 Å².